The Labute approximate surface area is 79.0 Å². The van der Waals surface area contributed by atoms with Gasteiger partial charge in [-0.15, -0.1) is 0 Å². The van der Waals surface area contributed by atoms with Gasteiger partial charge in [0.2, 0.25) is 0 Å². The lowest BCUT2D eigenvalue weighted by molar-refractivity contribution is -0.115. The van der Waals surface area contributed by atoms with Crippen LogP contribution in [-0.4, -0.2) is 26.1 Å². The smallest absolute Gasteiger partial charge is 0.160 e. The molecule has 0 saturated carbocycles. The van der Waals surface area contributed by atoms with Crippen molar-refractivity contribution >= 4 is 6.29 Å². The van der Waals surface area contributed by atoms with Gasteiger partial charge in [0.05, 0.1) is 6.26 Å². The van der Waals surface area contributed by atoms with E-state index in [0.29, 0.717) is 6.42 Å². The van der Waals surface area contributed by atoms with Crippen LogP contribution in [0, 0.1) is 0 Å². The Bertz CT molecular complexity index is 183. The minimum atomic E-state index is -0.303. The molecule has 0 bridgehead atoms. The second-order valence-electron chi connectivity index (χ2n) is 2.55. The summed E-state index contributed by atoms with van der Waals surface area (Å²) in [5.41, 5.74) is 0.943. The summed E-state index contributed by atoms with van der Waals surface area (Å²) in [6, 6.07) is 0. The lowest BCUT2D eigenvalue weighted by Gasteiger charge is -2.13. The summed E-state index contributed by atoms with van der Waals surface area (Å²) in [5, 5.41) is 0. The Morgan fingerprint density at radius 2 is 2.46 bits per heavy atom. The summed E-state index contributed by atoms with van der Waals surface area (Å²) >= 11 is 0. The maximum atomic E-state index is 10.1. The number of allylic oxidation sites excluding steroid dienone is 1. The molecule has 0 amide bonds. The number of hydrogen-bond acceptors (Lipinski definition) is 3. The third-order valence-electron chi connectivity index (χ3n) is 1.46. The molecule has 1 heterocycles. The molecule has 1 unspecified atom stereocenters. The summed E-state index contributed by atoms with van der Waals surface area (Å²) in [4.78, 5) is 10.1. The summed E-state index contributed by atoms with van der Waals surface area (Å²) in [5.74, 6) is 0. The molecule has 0 radical (unpaired) electrons. The molecule has 1 rings (SSSR count). The zero-order chi connectivity index (χ0) is 10.1. The summed E-state index contributed by atoms with van der Waals surface area (Å²) in [6.45, 7) is 6.46. The Kier molecular flexibility index (Phi) is 6.92. The van der Waals surface area contributed by atoms with Crippen molar-refractivity contribution in [1.82, 2.24) is 0 Å². The number of methoxy groups -OCH3 is 1. The van der Waals surface area contributed by atoms with E-state index < -0.39 is 0 Å². The van der Waals surface area contributed by atoms with E-state index in [1.165, 1.54) is 6.26 Å². The zero-order valence-electron chi connectivity index (χ0n) is 8.16. The topological polar surface area (TPSA) is 35.5 Å². The van der Waals surface area contributed by atoms with Gasteiger partial charge in [-0.2, -0.15) is 0 Å². The van der Waals surface area contributed by atoms with Crippen LogP contribution in [0.25, 0.3) is 0 Å². The van der Waals surface area contributed by atoms with Gasteiger partial charge in [0.1, 0.15) is 0 Å². The molecule has 1 aliphatic rings. The second-order valence-corrected chi connectivity index (χ2v) is 2.55. The standard InChI is InChI=1S/C7H8O2.C3H8O/c1-6-2-3-9-7(4-6)5-8;1-3-4-2/h2-3,5,7H,1,4H2;3H2,1-2H3. The molecule has 0 aromatic rings. The van der Waals surface area contributed by atoms with Gasteiger partial charge in [-0.1, -0.05) is 6.58 Å². The Hall–Kier alpha value is -1.09. The lowest BCUT2D eigenvalue weighted by Crippen LogP contribution is -2.14. The van der Waals surface area contributed by atoms with Gasteiger partial charge in [0.25, 0.3) is 0 Å². The quantitative estimate of drug-likeness (QED) is 0.613. The molecule has 1 aliphatic heterocycles. The number of ether oxygens (including phenoxy) is 2. The molecule has 1 atom stereocenters. The molecule has 0 saturated heterocycles. The molecular weight excluding hydrogens is 168 g/mol. The number of hydrogen-bond donors (Lipinski definition) is 0. The molecule has 0 aromatic carbocycles. The van der Waals surface area contributed by atoms with Crippen LogP contribution in [0.1, 0.15) is 13.3 Å². The second kappa shape index (κ2) is 7.55. The van der Waals surface area contributed by atoms with Crippen LogP contribution in [0.5, 0.6) is 0 Å². The first kappa shape index (κ1) is 11.9. The molecule has 0 aliphatic carbocycles. The first-order chi connectivity index (χ1) is 6.24. The van der Waals surface area contributed by atoms with E-state index in [2.05, 4.69) is 11.3 Å². The van der Waals surface area contributed by atoms with Crippen molar-refractivity contribution in [3.8, 4) is 0 Å². The van der Waals surface area contributed by atoms with E-state index in [4.69, 9.17) is 4.74 Å². The van der Waals surface area contributed by atoms with Gasteiger partial charge in [0.15, 0.2) is 12.4 Å². The van der Waals surface area contributed by atoms with E-state index in [0.717, 1.165) is 18.5 Å². The van der Waals surface area contributed by atoms with E-state index in [9.17, 15) is 4.79 Å². The van der Waals surface area contributed by atoms with Gasteiger partial charge < -0.3 is 9.47 Å². The van der Waals surface area contributed by atoms with Gasteiger partial charge in [-0.05, 0) is 18.6 Å². The first-order valence-corrected chi connectivity index (χ1v) is 4.18. The monoisotopic (exact) mass is 184 g/mol. The van der Waals surface area contributed by atoms with Crippen LogP contribution < -0.4 is 0 Å². The van der Waals surface area contributed by atoms with Crippen molar-refractivity contribution in [3.63, 3.8) is 0 Å². The van der Waals surface area contributed by atoms with Crippen molar-refractivity contribution in [3.05, 3.63) is 24.5 Å². The van der Waals surface area contributed by atoms with Crippen molar-refractivity contribution < 1.29 is 14.3 Å². The van der Waals surface area contributed by atoms with Gasteiger partial charge in [-0.3, -0.25) is 4.79 Å². The highest BCUT2D eigenvalue weighted by molar-refractivity contribution is 5.57. The van der Waals surface area contributed by atoms with Crippen LogP contribution in [-0.2, 0) is 14.3 Å². The summed E-state index contributed by atoms with van der Waals surface area (Å²) in [7, 11) is 1.68. The van der Waals surface area contributed by atoms with Crippen LogP contribution in [0.3, 0.4) is 0 Å². The molecule has 0 aromatic heterocycles. The van der Waals surface area contributed by atoms with Crippen molar-refractivity contribution in [1.29, 1.82) is 0 Å². The third-order valence-corrected chi connectivity index (χ3v) is 1.46. The minimum Gasteiger partial charge on any atom is -0.490 e. The van der Waals surface area contributed by atoms with Crippen molar-refractivity contribution in [2.24, 2.45) is 0 Å². The first-order valence-electron chi connectivity index (χ1n) is 4.18. The zero-order valence-corrected chi connectivity index (χ0v) is 8.16. The van der Waals surface area contributed by atoms with Crippen LogP contribution in [0.4, 0.5) is 0 Å². The highest BCUT2D eigenvalue weighted by atomic mass is 16.5. The molecule has 3 heteroatoms. The summed E-state index contributed by atoms with van der Waals surface area (Å²) < 4.78 is 9.43. The third kappa shape index (κ3) is 6.11. The van der Waals surface area contributed by atoms with Crippen molar-refractivity contribution in [2.75, 3.05) is 13.7 Å². The Morgan fingerprint density at radius 3 is 2.77 bits per heavy atom. The maximum Gasteiger partial charge on any atom is 0.160 e. The maximum absolute atomic E-state index is 10.1. The highest BCUT2D eigenvalue weighted by Crippen LogP contribution is 2.12. The Balaban J connectivity index is 0.000000310. The van der Waals surface area contributed by atoms with Crippen LogP contribution >= 0.6 is 0 Å². The molecule has 13 heavy (non-hydrogen) atoms. The molecule has 0 N–H and O–H groups in total. The fourth-order valence-corrected chi connectivity index (χ4v) is 0.691. The van der Waals surface area contributed by atoms with Gasteiger partial charge in [0, 0.05) is 20.1 Å². The average Bonchev–Trinajstić information content (AvgIpc) is 2.18. The number of carbonyl (C=O) groups excluding carboxylic acids is 1. The SMILES string of the molecule is C=C1C=COC(C=O)C1.CCOC. The molecule has 3 nitrogen and oxygen atoms in total. The number of aldehydes is 1. The largest absolute Gasteiger partial charge is 0.490 e. The minimum absolute atomic E-state index is 0.303. The molecule has 0 spiro atoms. The van der Waals surface area contributed by atoms with Crippen LogP contribution in [0.2, 0.25) is 0 Å². The Morgan fingerprint density at radius 1 is 1.85 bits per heavy atom. The fourth-order valence-electron chi connectivity index (χ4n) is 0.691. The van der Waals surface area contributed by atoms with Crippen molar-refractivity contribution in [2.45, 2.75) is 19.4 Å². The number of carbonyl (C=O) groups is 1. The van der Waals surface area contributed by atoms with E-state index in [1.807, 2.05) is 6.92 Å². The molecule has 0 fully saturated rings. The van der Waals surface area contributed by atoms with Gasteiger partial charge in [-0.25, -0.2) is 0 Å². The highest BCUT2D eigenvalue weighted by Gasteiger charge is 2.10. The predicted molar refractivity (Wildman–Crippen MR) is 51.4 cm³/mol. The van der Waals surface area contributed by atoms with E-state index in [-0.39, 0.29) is 6.10 Å². The van der Waals surface area contributed by atoms with E-state index >= 15 is 0 Å². The van der Waals surface area contributed by atoms with Crippen LogP contribution in [0.15, 0.2) is 24.5 Å². The normalized spacial score (nSPS) is 19.8. The fraction of sp³-hybridized carbons (Fsp3) is 0.500. The number of rotatable bonds is 2. The van der Waals surface area contributed by atoms with E-state index in [1.54, 1.807) is 13.2 Å². The molecule has 74 valence electrons. The molecular formula is C10H16O3. The summed E-state index contributed by atoms with van der Waals surface area (Å²) in [6.07, 6.45) is 4.38. The average molecular weight is 184 g/mol. The lowest BCUT2D eigenvalue weighted by atomic mass is 10.1. The van der Waals surface area contributed by atoms with Gasteiger partial charge >= 0.3 is 0 Å². The predicted octanol–water partition coefficient (Wildman–Crippen LogP) is 1.70.